The number of anilines is 1. The average molecular weight is 234 g/mol. The van der Waals surface area contributed by atoms with Gasteiger partial charge < -0.3 is 10.3 Å². The quantitative estimate of drug-likeness (QED) is 0.596. The van der Waals surface area contributed by atoms with Gasteiger partial charge in [-0.2, -0.15) is 0 Å². The summed E-state index contributed by atoms with van der Waals surface area (Å²) in [6.45, 7) is 3.89. The fourth-order valence-electron chi connectivity index (χ4n) is 1.98. The molecule has 0 bridgehead atoms. The molecule has 1 fully saturated rings. The molecular weight excluding hydrogens is 216 g/mol. The summed E-state index contributed by atoms with van der Waals surface area (Å²) < 4.78 is 0. The molecule has 5 nitrogen and oxygen atoms in total. The number of nitrogen functional groups attached to an aromatic ring is 1. The van der Waals surface area contributed by atoms with Crippen molar-refractivity contribution in [1.82, 2.24) is 9.88 Å². The van der Waals surface area contributed by atoms with Gasteiger partial charge in [0, 0.05) is 13.1 Å². The first-order valence-electron chi connectivity index (χ1n) is 5.92. The molecule has 1 aromatic heterocycles. The lowest BCUT2D eigenvalue weighted by molar-refractivity contribution is 0.0691. The molecule has 0 atom stereocenters. The zero-order valence-electron chi connectivity index (χ0n) is 10.0. The molecular formula is C12H18N4O. The minimum atomic E-state index is 0.0143. The van der Waals surface area contributed by atoms with E-state index in [9.17, 15) is 4.79 Å². The molecule has 1 aliphatic heterocycles. The standard InChI is InChI=1S/C12H18N4O/c1-9-4-6-16(7-5-9)12(17)11-3-2-10(15-13)8-14-11/h2-3,8-9,15H,4-7,13H2,1H3. The third kappa shape index (κ3) is 2.74. The van der Waals surface area contributed by atoms with Crippen LogP contribution in [0, 0.1) is 5.92 Å². The lowest BCUT2D eigenvalue weighted by Gasteiger charge is -2.30. The van der Waals surface area contributed by atoms with Gasteiger partial charge in [-0.05, 0) is 30.9 Å². The van der Waals surface area contributed by atoms with Crippen molar-refractivity contribution in [1.29, 1.82) is 0 Å². The molecule has 0 aliphatic carbocycles. The van der Waals surface area contributed by atoms with Crippen LogP contribution in [0.2, 0.25) is 0 Å². The van der Waals surface area contributed by atoms with E-state index >= 15 is 0 Å². The third-order valence-electron chi connectivity index (χ3n) is 3.22. The predicted molar refractivity (Wildman–Crippen MR) is 66.3 cm³/mol. The number of aromatic nitrogens is 1. The summed E-state index contributed by atoms with van der Waals surface area (Å²) in [5.74, 6) is 5.98. The number of rotatable bonds is 2. The fraction of sp³-hybridized carbons (Fsp3) is 0.500. The van der Waals surface area contributed by atoms with E-state index in [0.717, 1.165) is 31.8 Å². The lowest BCUT2D eigenvalue weighted by Crippen LogP contribution is -2.38. The molecule has 92 valence electrons. The van der Waals surface area contributed by atoms with Crippen LogP contribution in [0.25, 0.3) is 0 Å². The number of amides is 1. The number of hydrogen-bond acceptors (Lipinski definition) is 4. The molecule has 1 aromatic rings. The van der Waals surface area contributed by atoms with E-state index in [0.29, 0.717) is 11.4 Å². The van der Waals surface area contributed by atoms with Crippen molar-refractivity contribution in [3.8, 4) is 0 Å². The van der Waals surface area contributed by atoms with Gasteiger partial charge in [0.25, 0.3) is 5.91 Å². The number of nitrogens with one attached hydrogen (secondary N) is 1. The van der Waals surface area contributed by atoms with Crippen LogP contribution in [-0.2, 0) is 0 Å². The zero-order chi connectivity index (χ0) is 12.3. The largest absolute Gasteiger partial charge is 0.337 e. The van der Waals surface area contributed by atoms with E-state index in [2.05, 4.69) is 17.3 Å². The van der Waals surface area contributed by atoms with Gasteiger partial charge in [0.2, 0.25) is 0 Å². The Morgan fingerprint density at radius 2 is 2.18 bits per heavy atom. The van der Waals surface area contributed by atoms with E-state index in [1.54, 1.807) is 18.3 Å². The molecule has 0 radical (unpaired) electrons. The Bertz CT molecular complexity index is 382. The second-order valence-electron chi connectivity index (χ2n) is 4.55. The molecule has 0 spiro atoms. The molecule has 3 N–H and O–H groups in total. The predicted octanol–water partition coefficient (Wildman–Crippen LogP) is 1.24. The molecule has 0 unspecified atom stereocenters. The number of piperidine rings is 1. The highest BCUT2D eigenvalue weighted by Gasteiger charge is 2.21. The van der Waals surface area contributed by atoms with Crippen LogP contribution in [-0.4, -0.2) is 28.9 Å². The first-order valence-corrected chi connectivity index (χ1v) is 5.92. The number of nitrogens with zero attached hydrogens (tertiary/aromatic N) is 2. The van der Waals surface area contributed by atoms with Crippen molar-refractivity contribution in [2.24, 2.45) is 11.8 Å². The topological polar surface area (TPSA) is 71.2 Å². The Hall–Kier alpha value is -1.62. The number of hydrazine groups is 1. The molecule has 1 saturated heterocycles. The lowest BCUT2D eigenvalue weighted by atomic mass is 9.99. The average Bonchev–Trinajstić information content (AvgIpc) is 2.39. The number of nitrogens with two attached hydrogens (primary N) is 1. The van der Waals surface area contributed by atoms with Gasteiger partial charge in [-0.25, -0.2) is 4.98 Å². The van der Waals surface area contributed by atoms with E-state index < -0.39 is 0 Å². The molecule has 1 aliphatic rings. The van der Waals surface area contributed by atoms with Gasteiger partial charge in [0.15, 0.2) is 0 Å². The van der Waals surface area contributed by atoms with Gasteiger partial charge in [-0.1, -0.05) is 6.92 Å². The highest BCUT2D eigenvalue weighted by molar-refractivity contribution is 5.92. The van der Waals surface area contributed by atoms with Gasteiger partial charge in [0.1, 0.15) is 5.69 Å². The summed E-state index contributed by atoms with van der Waals surface area (Å²) in [5, 5.41) is 0. The summed E-state index contributed by atoms with van der Waals surface area (Å²) in [4.78, 5) is 18.1. The van der Waals surface area contributed by atoms with Crippen molar-refractivity contribution >= 4 is 11.6 Å². The number of likely N-dealkylation sites (tertiary alicyclic amines) is 1. The summed E-state index contributed by atoms with van der Waals surface area (Å²) in [7, 11) is 0. The van der Waals surface area contributed by atoms with Crippen LogP contribution in [0.1, 0.15) is 30.3 Å². The molecule has 0 saturated carbocycles. The van der Waals surface area contributed by atoms with Crippen molar-refractivity contribution in [3.05, 3.63) is 24.0 Å². The molecule has 2 rings (SSSR count). The highest BCUT2D eigenvalue weighted by Crippen LogP contribution is 2.17. The van der Waals surface area contributed by atoms with Gasteiger partial charge in [0.05, 0.1) is 11.9 Å². The maximum Gasteiger partial charge on any atom is 0.272 e. The summed E-state index contributed by atoms with van der Waals surface area (Å²) >= 11 is 0. The fourth-order valence-corrected chi connectivity index (χ4v) is 1.98. The maximum atomic E-state index is 12.1. The molecule has 2 heterocycles. The Kier molecular flexibility index (Phi) is 3.58. The smallest absolute Gasteiger partial charge is 0.272 e. The number of carbonyl (C=O) groups is 1. The first kappa shape index (κ1) is 11.9. The molecule has 0 aromatic carbocycles. The third-order valence-corrected chi connectivity index (χ3v) is 3.22. The van der Waals surface area contributed by atoms with Crippen molar-refractivity contribution in [2.75, 3.05) is 18.5 Å². The van der Waals surface area contributed by atoms with Crippen LogP contribution >= 0.6 is 0 Å². The molecule has 1 amide bonds. The highest BCUT2D eigenvalue weighted by atomic mass is 16.2. The summed E-state index contributed by atoms with van der Waals surface area (Å²) in [5.41, 5.74) is 3.68. The first-order chi connectivity index (χ1) is 8.20. The summed E-state index contributed by atoms with van der Waals surface area (Å²) in [6, 6.07) is 3.46. The van der Waals surface area contributed by atoms with Crippen LogP contribution in [0.5, 0.6) is 0 Å². The van der Waals surface area contributed by atoms with Crippen molar-refractivity contribution in [2.45, 2.75) is 19.8 Å². The van der Waals surface area contributed by atoms with Crippen LogP contribution in [0.3, 0.4) is 0 Å². The maximum absolute atomic E-state index is 12.1. The monoisotopic (exact) mass is 234 g/mol. The zero-order valence-corrected chi connectivity index (χ0v) is 10.0. The SMILES string of the molecule is CC1CCN(C(=O)c2ccc(NN)cn2)CC1. The number of hydrogen-bond donors (Lipinski definition) is 2. The van der Waals surface area contributed by atoms with Gasteiger partial charge in [-0.15, -0.1) is 0 Å². The Morgan fingerprint density at radius 3 is 2.71 bits per heavy atom. The van der Waals surface area contributed by atoms with E-state index in [4.69, 9.17) is 5.84 Å². The van der Waals surface area contributed by atoms with Gasteiger partial charge >= 0.3 is 0 Å². The van der Waals surface area contributed by atoms with Crippen molar-refractivity contribution in [3.63, 3.8) is 0 Å². The summed E-state index contributed by atoms with van der Waals surface area (Å²) in [6.07, 6.45) is 3.72. The Morgan fingerprint density at radius 1 is 1.47 bits per heavy atom. The second kappa shape index (κ2) is 5.14. The second-order valence-corrected chi connectivity index (χ2v) is 4.55. The number of pyridine rings is 1. The molecule has 5 heteroatoms. The van der Waals surface area contributed by atoms with E-state index in [1.165, 1.54) is 0 Å². The molecule has 17 heavy (non-hydrogen) atoms. The van der Waals surface area contributed by atoms with Crippen LogP contribution in [0.15, 0.2) is 18.3 Å². The Balaban J connectivity index is 2.03. The van der Waals surface area contributed by atoms with Crippen molar-refractivity contribution < 1.29 is 4.79 Å². The normalized spacial score (nSPS) is 16.9. The van der Waals surface area contributed by atoms with E-state index in [-0.39, 0.29) is 5.91 Å². The minimum Gasteiger partial charge on any atom is -0.337 e. The number of carbonyl (C=O) groups excluding carboxylic acids is 1. The van der Waals surface area contributed by atoms with Crippen LogP contribution in [0.4, 0.5) is 5.69 Å². The minimum absolute atomic E-state index is 0.0143. The van der Waals surface area contributed by atoms with E-state index in [1.807, 2.05) is 4.90 Å². The van der Waals surface area contributed by atoms with Crippen LogP contribution < -0.4 is 11.3 Å². The van der Waals surface area contributed by atoms with Gasteiger partial charge in [-0.3, -0.25) is 10.6 Å². The Labute approximate surface area is 101 Å².